The van der Waals surface area contributed by atoms with Crippen molar-refractivity contribution in [2.24, 2.45) is 12.8 Å². The van der Waals surface area contributed by atoms with Crippen LogP contribution in [0.3, 0.4) is 0 Å². The summed E-state index contributed by atoms with van der Waals surface area (Å²) >= 11 is 0. The molecular weight excluding hydrogens is 202 g/mol. The Hall–Kier alpha value is -1.81. The fraction of sp³-hybridized carbons (Fsp3) is 0.250. The zero-order valence-corrected chi connectivity index (χ0v) is 9.47. The summed E-state index contributed by atoms with van der Waals surface area (Å²) in [5.41, 5.74) is 7.72. The van der Waals surface area contributed by atoms with Crippen molar-refractivity contribution in [2.75, 3.05) is 7.11 Å². The molecule has 16 heavy (non-hydrogen) atoms. The summed E-state index contributed by atoms with van der Waals surface area (Å²) in [6, 6.07) is 5.92. The van der Waals surface area contributed by atoms with Crippen molar-refractivity contribution in [1.29, 1.82) is 0 Å². The molecule has 0 aliphatic heterocycles. The average Bonchev–Trinajstić information content (AvgIpc) is 2.74. The van der Waals surface area contributed by atoms with Crippen LogP contribution in [0.25, 0.3) is 11.4 Å². The van der Waals surface area contributed by atoms with Crippen molar-refractivity contribution in [1.82, 2.24) is 9.55 Å². The fourth-order valence-corrected chi connectivity index (χ4v) is 1.72. The first-order valence-electron chi connectivity index (χ1n) is 5.11. The van der Waals surface area contributed by atoms with Crippen LogP contribution in [-0.2, 0) is 13.6 Å². The van der Waals surface area contributed by atoms with Crippen LogP contribution in [0.2, 0.25) is 0 Å². The standard InChI is InChI=1S/C12H15N3O/c1-15-6-5-14-12(15)9-3-4-11(16-2)10(7-9)8-13/h3-7H,8,13H2,1-2H3. The third-order valence-electron chi connectivity index (χ3n) is 2.58. The average molecular weight is 217 g/mol. The normalized spacial score (nSPS) is 10.4. The summed E-state index contributed by atoms with van der Waals surface area (Å²) in [6.07, 6.45) is 3.70. The van der Waals surface area contributed by atoms with Gasteiger partial charge in [0.15, 0.2) is 0 Å². The van der Waals surface area contributed by atoms with E-state index in [-0.39, 0.29) is 0 Å². The minimum atomic E-state index is 0.460. The summed E-state index contributed by atoms with van der Waals surface area (Å²) in [6.45, 7) is 0.460. The van der Waals surface area contributed by atoms with E-state index >= 15 is 0 Å². The first-order valence-corrected chi connectivity index (χ1v) is 5.11. The minimum absolute atomic E-state index is 0.460. The van der Waals surface area contributed by atoms with Crippen LogP contribution in [-0.4, -0.2) is 16.7 Å². The van der Waals surface area contributed by atoms with E-state index < -0.39 is 0 Å². The monoisotopic (exact) mass is 217 g/mol. The van der Waals surface area contributed by atoms with E-state index in [1.165, 1.54) is 0 Å². The predicted molar refractivity (Wildman–Crippen MR) is 63.1 cm³/mol. The van der Waals surface area contributed by atoms with E-state index in [0.29, 0.717) is 6.54 Å². The van der Waals surface area contributed by atoms with Gasteiger partial charge in [-0.3, -0.25) is 0 Å². The van der Waals surface area contributed by atoms with E-state index in [1.54, 1.807) is 13.3 Å². The smallest absolute Gasteiger partial charge is 0.139 e. The molecular formula is C12H15N3O. The lowest BCUT2D eigenvalue weighted by Crippen LogP contribution is -2.01. The van der Waals surface area contributed by atoms with Crippen LogP contribution in [0.5, 0.6) is 5.75 Å². The molecule has 2 rings (SSSR count). The van der Waals surface area contributed by atoms with Gasteiger partial charge >= 0.3 is 0 Å². The van der Waals surface area contributed by atoms with Gasteiger partial charge in [0.25, 0.3) is 0 Å². The van der Waals surface area contributed by atoms with E-state index in [4.69, 9.17) is 10.5 Å². The largest absolute Gasteiger partial charge is 0.496 e. The molecule has 1 aromatic carbocycles. The molecule has 4 nitrogen and oxygen atoms in total. The van der Waals surface area contributed by atoms with Crippen molar-refractivity contribution in [3.63, 3.8) is 0 Å². The van der Waals surface area contributed by atoms with Crippen LogP contribution in [0.15, 0.2) is 30.6 Å². The number of aromatic nitrogens is 2. The molecule has 0 fully saturated rings. The first-order chi connectivity index (χ1) is 7.76. The highest BCUT2D eigenvalue weighted by Gasteiger charge is 2.07. The number of nitrogens with two attached hydrogens (primary N) is 1. The van der Waals surface area contributed by atoms with Crippen LogP contribution < -0.4 is 10.5 Å². The Morgan fingerprint density at radius 3 is 2.81 bits per heavy atom. The predicted octanol–water partition coefficient (Wildman–Crippen LogP) is 1.55. The highest BCUT2D eigenvalue weighted by Crippen LogP contribution is 2.24. The summed E-state index contributed by atoms with van der Waals surface area (Å²) in [5, 5.41) is 0. The van der Waals surface area contributed by atoms with Crippen molar-refractivity contribution in [2.45, 2.75) is 6.54 Å². The van der Waals surface area contributed by atoms with Crippen LogP contribution in [0.4, 0.5) is 0 Å². The van der Waals surface area contributed by atoms with Gasteiger partial charge in [-0.1, -0.05) is 0 Å². The van der Waals surface area contributed by atoms with Gasteiger partial charge in [-0.15, -0.1) is 0 Å². The van der Waals surface area contributed by atoms with Gasteiger partial charge in [0.05, 0.1) is 7.11 Å². The fourth-order valence-electron chi connectivity index (χ4n) is 1.72. The summed E-state index contributed by atoms with van der Waals surface area (Å²) in [5.74, 6) is 1.75. The molecule has 1 aromatic heterocycles. The molecule has 0 aliphatic carbocycles. The quantitative estimate of drug-likeness (QED) is 0.848. The number of nitrogens with zero attached hydrogens (tertiary/aromatic N) is 2. The molecule has 84 valence electrons. The first kappa shape index (κ1) is 10.7. The molecule has 0 saturated heterocycles. The Kier molecular flexibility index (Phi) is 2.92. The zero-order chi connectivity index (χ0) is 11.5. The number of imidazole rings is 1. The number of hydrogen-bond donors (Lipinski definition) is 1. The molecule has 2 N–H and O–H groups in total. The molecule has 4 heteroatoms. The molecule has 0 unspecified atom stereocenters. The third kappa shape index (κ3) is 1.79. The van der Waals surface area contributed by atoms with Crippen LogP contribution in [0.1, 0.15) is 5.56 Å². The number of benzene rings is 1. The van der Waals surface area contributed by atoms with E-state index in [1.807, 2.05) is 36.0 Å². The molecule has 0 atom stereocenters. The Morgan fingerprint density at radius 2 is 2.25 bits per heavy atom. The molecule has 0 amide bonds. The maximum atomic E-state index is 5.68. The Morgan fingerprint density at radius 1 is 1.44 bits per heavy atom. The highest BCUT2D eigenvalue weighted by atomic mass is 16.5. The van der Waals surface area contributed by atoms with Gasteiger partial charge in [-0.2, -0.15) is 0 Å². The Balaban J connectivity index is 2.48. The number of rotatable bonds is 3. The molecule has 0 saturated carbocycles. The number of aryl methyl sites for hydroxylation is 1. The molecule has 0 spiro atoms. The van der Waals surface area contributed by atoms with Crippen molar-refractivity contribution < 1.29 is 4.74 Å². The topological polar surface area (TPSA) is 53.1 Å². The molecule has 0 radical (unpaired) electrons. The summed E-state index contributed by atoms with van der Waals surface area (Å²) < 4.78 is 7.21. The van der Waals surface area contributed by atoms with Crippen molar-refractivity contribution in [3.8, 4) is 17.1 Å². The SMILES string of the molecule is COc1ccc(-c2nccn2C)cc1CN. The minimum Gasteiger partial charge on any atom is -0.496 e. The summed E-state index contributed by atoms with van der Waals surface area (Å²) in [4.78, 5) is 4.30. The van der Waals surface area contributed by atoms with E-state index in [2.05, 4.69) is 4.98 Å². The number of hydrogen-bond acceptors (Lipinski definition) is 3. The lowest BCUT2D eigenvalue weighted by Gasteiger charge is -2.09. The molecule has 0 aliphatic rings. The van der Waals surface area contributed by atoms with Crippen LogP contribution >= 0.6 is 0 Å². The Bertz CT molecular complexity index is 491. The second kappa shape index (κ2) is 4.37. The van der Waals surface area contributed by atoms with Gasteiger partial charge in [0.1, 0.15) is 11.6 Å². The van der Waals surface area contributed by atoms with Gasteiger partial charge in [0, 0.05) is 37.1 Å². The van der Waals surface area contributed by atoms with Crippen molar-refractivity contribution >= 4 is 0 Å². The zero-order valence-electron chi connectivity index (χ0n) is 9.47. The Labute approximate surface area is 94.7 Å². The lowest BCUT2D eigenvalue weighted by atomic mass is 10.1. The summed E-state index contributed by atoms with van der Waals surface area (Å²) in [7, 11) is 3.61. The second-order valence-electron chi connectivity index (χ2n) is 3.59. The van der Waals surface area contributed by atoms with Gasteiger partial charge in [-0.25, -0.2) is 4.98 Å². The van der Waals surface area contributed by atoms with E-state index in [9.17, 15) is 0 Å². The third-order valence-corrected chi connectivity index (χ3v) is 2.58. The number of methoxy groups -OCH3 is 1. The van der Waals surface area contributed by atoms with Gasteiger partial charge in [-0.05, 0) is 18.2 Å². The van der Waals surface area contributed by atoms with Gasteiger partial charge in [0.2, 0.25) is 0 Å². The second-order valence-corrected chi connectivity index (χ2v) is 3.59. The van der Waals surface area contributed by atoms with Gasteiger partial charge < -0.3 is 15.0 Å². The molecule has 1 heterocycles. The molecule has 0 bridgehead atoms. The lowest BCUT2D eigenvalue weighted by molar-refractivity contribution is 0.410. The maximum Gasteiger partial charge on any atom is 0.139 e. The van der Waals surface area contributed by atoms with E-state index in [0.717, 1.165) is 22.7 Å². The molecule has 2 aromatic rings. The number of ether oxygens (including phenoxy) is 1. The maximum absolute atomic E-state index is 5.68. The highest BCUT2D eigenvalue weighted by molar-refractivity contribution is 5.59. The van der Waals surface area contributed by atoms with Crippen molar-refractivity contribution in [3.05, 3.63) is 36.2 Å². The van der Waals surface area contributed by atoms with Crippen LogP contribution in [0, 0.1) is 0 Å².